The predicted molar refractivity (Wildman–Crippen MR) is 125 cm³/mol. The van der Waals surface area contributed by atoms with E-state index in [9.17, 15) is 29.4 Å². The molecule has 0 saturated heterocycles. The highest BCUT2D eigenvalue weighted by Crippen LogP contribution is 2.22. The van der Waals surface area contributed by atoms with Crippen molar-refractivity contribution in [2.75, 3.05) is 0 Å². The lowest BCUT2D eigenvalue weighted by atomic mass is 9.90. The van der Waals surface area contributed by atoms with Crippen molar-refractivity contribution in [1.82, 2.24) is 0 Å². The van der Waals surface area contributed by atoms with Gasteiger partial charge in [0.05, 0.1) is 22.3 Å². The summed E-state index contributed by atoms with van der Waals surface area (Å²) in [5.74, 6) is -4.43. The molecule has 4 N–H and O–H groups in total. The quantitative estimate of drug-likeness (QED) is 0.295. The fourth-order valence-electron chi connectivity index (χ4n) is 4.16. The monoisotopic (exact) mass is 470 g/mol. The minimum atomic E-state index is -1.26. The Morgan fingerprint density at radius 1 is 0.588 bits per heavy atom. The maximum atomic E-state index is 11.3. The van der Waals surface area contributed by atoms with Gasteiger partial charge in [-0.05, 0) is 60.1 Å². The van der Waals surface area contributed by atoms with E-state index in [-0.39, 0.29) is 22.3 Å². The number of carboxylic acid groups (broad SMARTS) is 4. The largest absolute Gasteiger partial charge is 0.478 e. The number of carbonyl (C=O) groups is 4. The third-order valence-electron chi connectivity index (χ3n) is 5.90. The fourth-order valence-corrected chi connectivity index (χ4v) is 4.16. The Balaban J connectivity index is 1.83. The first-order chi connectivity index (χ1) is 16.0. The van der Waals surface area contributed by atoms with Crippen LogP contribution >= 0.6 is 0 Å². The molecule has 0 aliphatic carbocycles. The highest BCUT2D eigenvalue weighted by Gasteiger charge is 2.18. The first-order valence-electron chi connectivity index (χ1n) is 11.2. The third kappa shape index (κ3) is 7.43. The van der Waals surface area contributed by atoms with Crippen molar-refractivity contribution in [3.05, 3.63) is 69.8 Å². The van der Waals surface area contributed by atoms with Gasteiger partial charge in [-0.3, -0.25) is 0 Å². The third-order valence-corrected chi connectivity index (χ3v) is 5.90. The summed E-state index contributed by atoms with van der Waals surface area (Å²) in [6, 6.07) is 8.88. The standard InChI is InChI=1S/C26H30O8/c1-15(11-17-7-9-19(23(27)28)21(13-17)25(31)32)5-3-4-6-16(2)12-18-8-10-20(24(29)30)22(14-18)26(33)34/h7-10,13-16H,3-6,11-12H2,1-2H3,(H,27,28)(H,29,30)(H,31,32)(H,33,34). The molecule has 0 heterocycles. The summed E-state index contributed by atoms with van der Waals surface area (Å²) in [5.41, 5.74) is 0.753. The summed E-state index contributed by atoms with van der Waals surface area (Å²) in [6.45, 7) is 4.15. The Morgan fingerprint density at radius 3 is 1.21 bits per heavy atom. The van der Waals surface area contributed by atoms with Crippen LogP contribution in [0.25, 0.3) is 0 Å². The lowest BCUT2D eigenvalue weighted by Crippen LogP contribution is -2.10. The van der Waals surface area contributed by atoms with Crippen molar-refractivity contribution in [3.63, 3.8) is 0 Å². The first kappa shape index (κ1) is 26.6. The molecule has 0 bridgehead atoms. The molecule has 8 heteroatoms. The van der Waals surface area contributed by atoms with Gasteiger partial charge in [0.1, 0.15) is 0 Å². The van der Waals surface area contributed by atoms with Crippen LogP contribution in [-0.2, 0) is 12.8 Å². The van der Waals surface area contributed by atoms with Crippen LogP contribution in [0.5, 0.6) is 0 Å². The number of unbranched alkanes of at least 4 members (excludes halogenated alkanes) is 1. The molecule has 0 amide bonds. The first-order valence-corrected chi connectivity index (χ1v) is 11.2. The molecule has 2 atom stereocenters. The predicted octanol–water partition coefficient (Wildman–Crippen LogP) is 5.10. The smallest absolute Gasteiger partial charge is 0.336 e. The van der Waals surface area contributed by atoms with Gasteiger partial charge < -0.3 is 20.4 Å². The minimum Gasteiger partial charge on any atom is -0.478 e. The fraction of sp³-hybridized carbons (Fsp3) is 0.385. The molecule has 34 heavy (non-hydrogen) atoms. The summed E-state index contributed by atoms with van der Waals surface area (Å²) in [5, 5.41) is 36.8. The molecule has 2 aromatic rings. The molecule has 8 nitrogen and oxygen atoms in total. The number of rotatable bonds is 13. The average Bonchev–Trinajstić information content (AvgIpc) is 2.76. The number of hydrogen-bond donors (Lipinski definition) is 4. The Labute approximate surface area is 197 Å². The highest BCUT2D eigenvalue weighted by atomic mass is 16.4. The van der Waals surface area contributed by atoms with Crippen LogP contribution in [0.4, 0.5) is 0 Å². The van der Waals surface area contributed by atoms with E-state index in [0.717, 1.165) is 36.8 Å². The van der Waals surface area contributed by atoms with E-state index in [2.05, 4.69) is 13.8 Å². The molecule has 2 rings (SSSR count). The van der Waals surface area contributed by atoms with Gasteiger partial charge in [0, 0.05) is 0 Å². The zero-order valence-corrected chi connectivity index (χ0v) is 19.3. The zero-order valence-electron chi connectivity index (χ0n) is 19.3. The molecule has 182 valence electrons. The molecule has 0 aliphatic heterocycles. The highest BCUT2D eigenvalue weighted by molar-refractivity contribution is 6.02. The van der Waals surface area contributed by atoms with Gasteiger partial charge in [0.2, 0.25) is 0 Å². The second kappa shape index (κ2) is 12.0. The maximum absolute atomic E-state index is 11.3. The topological polar surface area (TPSA) is 149 Å². The molecule has 2 aromatic carbocycles. The lowest BCUT2D eigenvalue weighted by Gasteiger charge is -2.15. The SMILES string of the molecule is CC(CCCCC(C)Cc1ccc(C(=O)O)c(C(=O)O)c1)Cc1ccc(C(=O)O)c(C(=O)O)c1. The van der Waals surface area contributed by atoms with Crippen molar-refractivity contribution in [2.45, 2.75) is 52.4 Å². The van der Waals surface area contributed by atoms with E-state index in [1.165, 1.54) is 24.3 Å². The summed E-state index contributed by atoms with van der Waals surface area (Å²) < 4.78 is 0. The number of carboxylic acids is 4. The van der Waals surface area contributed by atoms with E-state index >= 15 is 0 Å². The molecule has 0 aliphatic rings. The van der Waals surface area contributed by atoms with E-state index in [1.54, 1.807) is 12.1 Å². The van der Waals surface area contributed by atoms with Crippen LogP contribution < -0.4 is 0 Å². The van der Waals surface area contributed by atoms with Crippen LogP contribution in [-0.4, -0.2) is 44.3 Å². The Morgan fingerprint density at radius 2 is 0.912 bits per heavy atom. The molecule has 0 aromatic heterocycles. The van der Waals surface area contributed by atoms with Crippen molar-refractivity contribution in [1.29, 1.82) is 0 Å². The van der Waals surface area contributed by atoms with Crippen LogP contribution in [0.1, 0.15) is 92.1 Å². The van der Waals surface area contributed by atoms with Crippen LogP contribution in [0, 0.1) is 11.8 Å². The summed E-state index contributed by atoms with van der Waals surface area (Å²) in [7, 11) is 0. The Hall–Kier alpha value is -3.68. The van der Waals surface area contributed by atoms with Gasteiger partial charge in [0.15, 0.2) is 0 Å². The van der Waals surface area contributed by atoms with Crippen molar-refractivity contribution in [2.24, 2.45) is 11.8 Å². The van der Waals surface area contributed by atoms with Crippen molar-refractivity contribution in [3.8, 4) is 0 Å². The number of hydrogen-bond acceptors (Lipinski definition) is 4. The van der Waals surface area contributed by atoms with E-state index < -0.39 is 23.9 Å². The molecule has 0 spiro atoms. The van der Waals surface area contributed by atoms with Gasteiger partial charge in [-0.25, -0.2) is 19.2 Å². The summed E-state index contributed by atoms with van der Waals surface area (Å²) in [6.07, 6.45) is 5.14. The average molecular weight is 471 g/mol. The van der Waals surface area contributed by atoms with Crippen molar-refractivity contribution < 1.29 is 39.6 Å². The van der Waals surface area contributed by atoms with Gasteiger partial charge in [-0.2, -0.15) is 0 Å². The molecular weight excluding hydrogens is 440 g/mol. The zero-order chi connectivity index (χ0) is 25.4. The Bertz CT molecular complexity index is 987. The molecule has 2 unspecified atom stereocenters. The normalized spacial score (nSPS) is 12.6. The molecule has 0 radical (unpaired) electrons. The van der Waals surface area contributed by atoms with Crippen LogP contribution in [0.3, 0.4) is 0 Å². The molecular formula is C26H30O8. The van der Waals surface area contributed by atoms with Crippen LogP contribution in [0.2, 0.25) is 0 Å². The van der Waals surface area contributed by atoms with Crippen LogP contribution in [0.15, 0.2) is 36.4 Å². The van der Waals surface area contributed by atoms with Gasteiger partial charge in [-0.1, -0.05) is 51.7 Å². The second-order valence-corrected chi connectivity index (χ2v) is 8.88. The van der Waals surface area contributed by atoms with Gasteiger partial charge >= 0.3 is 23.9 Å². The van der Waals surface area contributed by atoms with Gasteiger partial charge in [-0.15, -0.1) is 0 Å². The maximum Gasteiger partial charge on any atom is 0.336 e. The van der Waals surface area contributed by atoms with Gasteiger partial charge in [0.25, 0.3) is 0 Å². The van der Waals surface area contributed by atoms with Crippen molar-refractivity contribution >= 4 is 23.9 Å². The van der Waals surface area contributed by atoms with E-state index in [4.69, 9.17) is 10.2 Å². The number of aromatic carboxylic acids is 4. The number of benzene rings is 2. The lowest BCUT2D eigenvalue weighted by molar-refractivity contribution is 0.0651. The Kier molecular flexibility index (Phi) is 9.36. The molecule has 0 fully saturated rings. The summed E-state index contributed by atoms with van der Waals surface area (Å²) in [4.78, 5) is 45.1. The van der Waals surface area contributed by atoms with E-state index in [1.807, 2.05) is 0 Å². The van der Waals surface area contributed by atoms with E-state index in [0.29, 0.717) is 24.7 Å². The summed E-state index contributed by atoms with van der Waals surface area (Å²) >= 11 is 0. The second-order valence-electron chi connectivity index (χ2n) is 8.88. The minimum absolute atomic E-state index is 0.200. The molecule has 0 saturated carbocycles.